The Balaban J connectivity index is 0. The molecule has 0 bridgehead atoms. The van der Waals surface area contributed by atoms with Gasteiger partial charge in [-0.3, -0.25) is 0 Å². The lowest BCUT2D eigenvalue weighted by Crippen LogP contribution is -2.15. The van der Waals surface area contributed by atoms with E-state index in [0.717, 1.165) is 19.3 Å². The van der Waals surface area contributed by atoms with Crippen LogP contribution in [0.3, 0.4) is 0 Å². The second kappa shape index (κ2) is 12.7. The zero-order chi connectivity index (χ0) is 9.94. The van der Waals surface area contributed by atoms with Crippen LogP contribution in [0.25, 0.3) is 0 Å². The molecule has 0 atom stereocenters. The number of carbonyl (C=O) groups is 1. The highest BCUT2D eigenvalue weighted by atomic mass is 35.5. The highest BCUT2D eigenvalue weighted by molar-refractivity contribution is 5.85. The molecule has 0 aliphatic heterocycles. The van der Waals surface area contributed by atoms with E-state index in [-0.39, 0.29) is 25.0 Å². The van der Waals surface area contributed by atoms with Crippen molar-refractivity contribution >= 4 is 18.4 Å². The van der Waals surface area contributed by atoms with Gasteiger partial charge in [-0.25, -0.2) is 4.79 Å². The second-order valence-electron chi connectivity index (χ2n) is 2.77. The molecule has 5 heteroatoms. The Kier molecular flexibility index (Phi) is 14.6. The molecular weight excluding hydrogens is 206 g/mol. The van der Waals surface area contributed by atoms with Crippen LogP contribution in [-0.2, 0) is 14.3 Å². The number of halogens is 1. The first kappa shape index (κ1) is 16.1. The third kappa shape index (κ3) is 11.7. The maximum absolute atomic E-state index is 10.9. The lowest BCUT2D eigenvalue weighted by atomic mass is 10.4. The van der Waals surface area contributed by atoms with Gasteiger partial charge in [0.1, 0.15) is 6.61 Å². The van der Waals surface area contributed by atoms with Gasteiger partial charge in [-0.1, -0.05) is 13.3 Å². The van der Waals surface area contributed by atoms with Crippen molar-refractivity contribution in [2.24, 2.45) is 5.73 Å². The normalized spacial score (nSPS) is 9.29. The van der Waals surface area contributed by atoms with Crippen LogP contribution in [0.5, 0.6) is 0 Å². The van der Waals surface area contributed by atoms with Crippen LogP contribution in [0.4, 0.5) is 0 Å². The molecule has 2 N–H and O–H groups in total. The van der Waals surface area contributed by atoms with Gasteiger partial charge in [0.05, 0.1) is 6.61 Å². The van der Waals surface area contributed by atoms with Gasteiger partial charge < -0.3 is 15.2 Å². The zero-order valence-electron chi connectivity index (χ0n) is 8.66. The van der Waals surface area contributed by atoms with E-state index in [1.165, 1.54) is 0 Å². The number of hydrogen-bond acceptors (Lipinski definition) is 4. The summed E-state index contributed by atoms with van der Waals surface area (Å²) in [6.45, 7) is 3.70. The van der Waals surface area contributed by atoms with E-state index in [1.807, 2.05) is 6.92 Å². The van der Waals surface area contributed by atoms with E-state index < -0.39 is 0 Å². The van der Waals surface area contributed by atoms with Gasteiger partial charge >= 0.3 is 5.97 Å². The minimum Gasteiger partial charge on any atom is -0.464 e. The molecule has 0 unspecified atom stereocenters. The van der Waals surface area contributed by atoms with E-state index in [4.69, 9.17) is 15.2 Å². The summed E-state index contributed by atoms with van der Waals surface area (Å²) in [7, 11) is 0. The topological polar surface area (TPSA) is 61.5 Å². The monoisotopic (exact) mass is 225 g/mol. The highest BCUT2D eigenvalue weighted by Crippen LogP contribution is 1.89. The van der Waals surface area contributed by atoms with Crippen molar-refractivity contribution in [3.05, 3.63) is 0 Å². The van der Waals surface area contributed by atoms with Crippen molar-refractivity contribution in [1.82, 2.24) is 0 Å². The number of unbranched alkanes of at least 4 members (excludes halogenated alkanes) is 1. The molecule has 0 amide bonds. The van der Waals surface area contributed by atoms with Gasteiger partial charge in [-0.15, -0.1) is 12.4 Å². The predicted molar refractivity (Wildman–Crippen MR) is 57.6 cm³/mol. The maximum Gasteiger partial charge on any atom is 0.332 e. The molecule has 0 spiro atoms. The van der Waals surface area contributed by atoms with Crippen molar-refractivity contribution in [2.75, 3.05) is 26.4 Å². The molecule has 0 aromatic carbocycles. The number of ether oxygens (including phenoxy) is 2. The summed E-state index contributed by atoms with van der Waals surface area (Å²) in [5.74, 6) is -0.287. The van der Waals surface area contributed by atoms with Crippen LogP contribution in [0.2, 0.25) is 0 Å². The first-order valence-electron chi connectivity index (χ1n) is 4.74. The highest BCUT2D eigenvalue weighted by Gasteiger charge is 2.01. The van der Waals surface area contributed by atoms with Crippen molar-refractivity contribution in [3.63, 3.8) is 0 Å². The fraction of sp³-hybridized carbons (Fsp3) is 0.889. The summed E-state index contributed by atoms with van der Waals surface area (Å²) in [5.41, 5.74) is 5.25. The zero-order valence-corrected chi connectivity index (χ0v) is 9.48. The lowest BCUT2D eigenvalue weighted by Gasteiger charge is -2.04. The van der Waals surface area contributed by atoms with Gasteiger partial charge in [0.25, 0.3) is 0 Å². The molecular formula is C9H20ClNO3. The minimum atomic E-state index is -0.287. The molecule has 0 heterocycles. The van der Waals surface area contributed by atoms with E-state index in [0.29, 0.717) is 19.8 Å². The summed E-state index contributed by atoms with van der Waals surface area (Å²) in [6.07, 6.45) is 2.72. The smallest absolute Gasteiger partial charge is 0.332 e. The molecule has 86 valence electrons. The van der Waals surface area contributed by atoms with Crippen molar-refractivity contribution in [3.8, 4) is 0 Å². The third-order valence-electron chi connectivity index (χ3n) is 1.47. The Morgan fingerprint density at radius 2 is 2.00 bits per heavy atom. The summed E-state index contributed by atoms with van der Waals surface area (Å²) in [5, 5.41) is 0. The number of nitrogens with two attached hydrogens (primary N) is 1. The molecule has 0 aliphatic carbocycles. The molecule has 0 rings (SSSR count). The second-order valence-corrected chi connectivity index (χ2v) is 2.77. The first-order valence-corrected chi connectivity index (χ1v) is 4.74. The molecule has 0 aromatic heterocycles. The van der Waals surface area contributed by atoms with Gasteiger partial charge in [-0.2, -0.15) is 0 Å². The van der Waals surface area contributed by atoms with Crippen LogP contribution in [0, 0.1) is 0 Å². The molecule has 4 nitrogen and oxygen atoms in total. The standard InChI is InChI=1S/C9H19NO3.ClH/c1-2-3-7-13-9(11)8-12-6-4-5-10;/h2-8,10H2,1H3;1H. The molecule has 0 saturated heterocycles. The van der Waals surface area contributed by atoms with E-state index in [2.05, 4.69) is 0 Å². The molecule has 0 radical (unpaired) electrons. The van der Waals surface area contributed by atoms with Gasteiger partial charge in [0, 0.05) is 6.61 Å². The molecule has 14 heavy (non-hydrogen) atoms. The largest absolute Gasteiger partial charge is 0.464 e. The van der Waals surface area contributed by atoms with E-state index in [1.54, 1.807) is 0 Å². The third-order valence-corrected chi connectivity index (χ3v) is 1.47. The Hall–Kier alpha value is -0.320. The van der Waals surface area contributed by atoms with Crippen LogP contribution >= 0.6 is 12.4 Å². The summed E-state index contributed by atoms with van der Waals surface area (Å²) >= 11 is 0. The average Bonchev–Trinajstić information content (AvgIpc) is 2.13. The number of esters is 1. The van der Waals surface area contributed by atoms with Crippen LogP contribution < -0.4 is 5.73 Å². The molecule has 0 saturated carbocycles. The molecule has 0 aromatic rings. The fourth-order valence-corrected chi connectivity index (χ4v) is 0.713. The molecule has 0 aliphatic rings. The Morgan fingerprint density at radius 1 is 1.29 bits per heavy atom. The van der Waals surface area contributed by atoms with Crippen LogP contribution in [0.15, 0.2) is 0 Å². The van der Waals surface area contributed by atoms with Crippen molar-refractivity contribution < 1.29 is 14.3 Å². The number of hydrogen-bond donors (Lipinski definition) is 1. The Labute approximate surface area is 91.5 Å². The average molecular weight is 226 g/mol. The number of rotatable bonds is 8. The molecule has 0 fully saturated rings. The Morgan fingerprint density at radius 3 is 2.57 bits per heavy atom. The lowest BCUT2D eigenvalue weighted by molar-refractivity contribution is -0.149. The van der Waals surface area contributed by atoms with Crippen molar-refractivity contribution in [1.29, 1.82) is 0 Å². The van der Waals surface area contributed by atoms with Gasteiger partial charge in [-0.05, 0) is 19.4 Å². The van der Waals surface area contributed by atoms with Crippen LogP contribution in [0.1, 0.15) is 26.2 Å². The summed E-state index contributed by atoms with van der Waals surface area (Å²) < 4.78 is 9.88. The quantitative estimate of drug-likeness (QED) is 0.497. The van der Waals surface area contributed by atoms with E-state index >= 15 is 0 Å². The predicted octanol–water partition coefficient (Wildman–Crippen LogP) is 1.12. The van der Waals surface area contributed by atoms with Crippen molar-refractivity contribution in [2.45, 2.75) is 26.2 Å². The minimum absolute atomic E-state index is 0. The first-order chi connectivity index (χ1) is 6.31. The Bertz CT molecular complexity index is 133. The number of carbonyl (C=O) groups excluding carboxylic acids is 1. The maximum atomic E-state index is 10.9. The summed E-state index contributed by atoms with van der Waals surface area (Å²) in [4.78, 5) is 10.9. The van der Waals surface area contributed by atoms with Crippen LogP contribution in [-0.4, -0.2) is 32.3 Å². The van der Waals surface area contributed by atoms with E-state index in [9.17, 15) is 4.79 Å². The van der Waals surface area contributed by atoms with Gasteiger partial charge in [0.2, 0.25) is 0 Å². The SMILES string of the molecule is CCCCOC(=O)COCCCN.Cl. The fourth-order valence-electron chi connectivity index (χ4n) is 0.713. The summed E-state index contributed by atoms with van der Waals surface area (Å²) in [6, 6.07) is 0. The van der Waals surface area contributed by atoms with Gasteiger partial charge in [0.15, 0.2) is 0 Å².